The zero-order valence-corrected chi connectivity index (χ0v) is 7.61. The van der Waals surface area contributed by atoms with E-state index in [1.807, 2.05) is 0 Å². The van der Waals surface area contributed by atoms with Gasteiger partial charge in [0.2, 0.25) is 0 Å². The number of rotatable bonds is 2. The van der Waals surface area contributed by atoms with E-state index < -0.39 is 23.0 Å². The normalized spacial score (nSPS) is 9.57. The number of alkyl halides is 1. The molecule has 0 spiro atoms. The van der Waals surface area contributed by atoms with Crippen LogP contribution in [-0.4, -0.2) is 11.7 Å². The van der Waals surface area contributed by atoms with Gasteiger partial charge in [-0.25, -0.2) is 8.78 Å². The summed E-state index contributed by atoms with van der Waals surface area (Å²) in [4.78, 5) is 11.0. The van der Waals surface area contributed by atoms with Crippen LogP contribution in [0, 0.1) is 23.0 Å². The number of carbonyl (C=O) groups excluding carboxylic acids is 1. The average Bonchev–Trinajstić information content (AvgIpc) is 2.16. The third-order valence-corrected chi connectivity index (χ3v) is 1.84. The lowest BCUT2D eigenvalue weighted by atomic mass is 10.1. The van der Waals surface area contributed by atoms with E-state index in [0.29, 0.717) is 0 Å². The first-order valence-corrected chi connectivity index (χ1v) is 4.12. The number of hydrogen-bond acceptors (Lipinski definition) is 2. The second-order valence-electron chi connectivity index (χ2n) is 2.48. The van der Waals surface area contributed by atoms with Gasteiger partial charge in [-0.05, 0) is 12.1 Å². The summed E-state index contributed by atoms with van der Waals surface area (Å²) in [5.74, 6) is -3.05. The molecule has 0 aromatic heterocycles. The molecule has 0 saturated heterocycles. The van der Waals surface area contributed by atoms with E-state index >= 15 is 0 Å². The third kappa shape index (κ3) is 1.88. The first-order chi connectivity index (χ1) is 6.60. The number of ketones is 1. The maximum absolute atomic E-state index is 13.0. The first-order valence-electron chi connectivity index (χ1n) is 3.58. The smallest absolute Gasteiger partial charge is 0.177 e. The zero-order chi connectivity index (χ0) is 10.7. The molecule has 0 aliphatic rings. The van der Waals surface area contributed by atoms with Gasteiger partial charge in [-0.15, -0.1) is 11.6 Å². The summed E-state index contributed by atoms with van der Waals surface area (Å²) < 4.78 is 25.9. The SMILES string of the molecule is N#Cc1c(F)cc(C(=O)CCl)cc1F. The Morgan fingerprint density at radius 3 is 2.29 bits per heavy atom. The molecule has 0 saturated carbocycles. The monoisotopic (exact) mass is 215 g/mol. The van der Waals surface area contributed by atoms with Gasteiger partial charge in [0.1, 0.15) is 23.3 Å². The number of halogens is 3. The molecule has 0 fully saturated rings. The Bertz CT molecular complexity index is 402. The molecule has 0 amide bonds. The van der Waals surface area contributed by atoms with E-state index in [0.717, 1.165) is 12.1 Å². The lowest BCUT2D eigenvalue weighted by molar-refractivity contribution is 0.102. The minimum Gasteiger partial charge on any atom is -0.293 e. The molecule has 0 aliphatic carbocycles. The average molecular weight is 216 g/mol. The minimum absolute atomic E-state index is 0.172. The maximum Gasteiger partial charge on any atom is 0.177 e. The summed E-state index contributed by atoms with van der Waals surface area (Å²) in [5.41, 5.74) is -0.870. The lowest BCUT2D eigenvalue weighted by Crippen LogP contribution is -2.03. The van der Waals surface area contributed by atoms with E-state index in [2.05, 4.69) is 0 Å². The number of carbonyl (C=O) groups is 1. The number of Topliss-reactive ketones (excluding diaryl/α,β-unsaturated/α-hetero) is 1. The van der Waals surface area contributed by atoms with E-state index in [-0.39, 0.29) is 11.4 Å². The highest BCUT2D eigenvalue weighted by atomic mass is 35.5. The van der Waals surface area contributed by atoms with Crippen LogP contribution in [0.15, 0.2) is 12.1 Å². The molecule has 5 heteroatoms. The van der Waals surface area contributed by atoms with Crippen molar-refractivity contribution in [3.05, 3.63) is 34.9 Å². The van der Waals surface area contributed by atoms with Crippen molar-refractivity contribution in [3.63, 3.8) is 0 Å². The second kappa shape index (κ2) is 4.16. The van der Waals surface area contributed by atoms with Gasteiger partial charge in [-0.1, -0.05) is 0 Å². The Morgan fingerprint density at radius 2 is 1.93 bits per heavy atom. The van der Waals surface area contributed by atoms with Gasteiger partial charge in [0.05, 0.1) is 5.88 Å². The largest absolute Gasteiger partial charge is 0.293 e. The van der Waals surface area contributed by atoms with Crippen LogP contribution >= 0.6 is 11.6 Å². The standard InChI is InChI=1S/C9H4ClF2NO/c10-3-9(14)5-1-7(11)6(4-13)8(12)2-5/h1-2H,3H2. The van der Waals surface area contributed by atoms with Crippen molar-refractivity contribution in [2.75, 3.05) is 5.88 Å². The fourth-order valence-corrected chi connectivity index (χ4v) is 1.07. The van der Waals surface area contributed by atoms with Crippen molar-refractivity contribution in [2.24, 2.45) is 0 Å². The van der Waals surface area contributed by atoms with Gasteiger partial charge in [-0.2, -0.15) is 5.26 Å². The molecule has 14 heavy (non-hydrogen) atoms. The van der Waals surface area contributed by atoms with E-state index in [4.69, 9.17) is 16.9 Å². The summed E-state index contributed by atoms with van der Waals surface area (Å²) in [6.07, 6.45) is 0. The highest BCUT2D eigenvalue weighted by molar-refractivity contribution is 6.30. The van der Waals surface area contributed by atoms with Crippen LogP contribution in [0.5, 0.6) is 0 Å². The van der Waals surface area contributed by atoms with Crippen LogP contribution in [0.2, 0.25) is 0 Å². The van der Waals surface area contributed by atoms with Gasteiger partial charge >= 0.3 is 0 Å². The van der Waals surface area contributed by atoms with Crippen molar-refractivity contribution in [1.82, 2.24) is 0 Å². The van der Waals surface area contributed by atoms with Crippen LogP contribution in [-0.2, 0) is 0 Å². The van der Waals surface area contributed by atoms with Gasteiger partial charge in [0.15, 0.2) is 5.78 Å². The fraction of sp³-hybridized carbons (Fsp3) is 0.111. The number of nitrogens with zero attached hydrogens (tertiary/aromatic N) is 1. The highest BCUT2D eigenvalue weighted by Gasteiger charge is 2.13. The molecule has 0 atom stereocenters. The van der Waals surface area contributed by atoms with Crippen LogP contribution < -0.4 is 0 Å². The van der Waals surface area contributed by atoms with Gasteiger partial charge in [-0.3, -0.25) is 4.79 Å². The molecule has 0 radical (unpaired) electrons. The molecule has 72 valence electrons. The van der Waals surface area contributed by atoms with Crippen LogP contribution in [0.25, 0.3) is 0 Å². The van der Waals surface area contributed by atoms with Gasteiger partial charge in [0.25, 0.3) is 0 Å². The number of benzene rings is 1. The van der Waals surface area contributed by atoms with Crippen molar-refractivity contribution in [3.8, 4) is 6.07 Å². The van der Waals surface area contributed by atoms with E-state index in [9.17, 15) is 13.6 Å². The molecule has 0 aliphatic heterocycles. The lowest BCUT2D eigenvalue weighted by Gasteiger charge is -2.00. The molecule has 1 rings (SSSR count). The van der Waals surface area contributed by atoms with Crippen molar-refractivity contribution in [2.45, 2.75) is 0 Å². The topological polar surface area (TPSA) is 40.9 Å². The molecule has 0 bridgehead atoms. The predicted molar refractivity (Wildman–Crippen MR) is 46.1 cm³/mol. The Balaban J connectivity index is 3.29. The Labute approximate surface area is 83.7 Å². The van der Waals surface area contributed by atoms with E-state index in [1.165, 1.54) is 6.07 Å². The number of hydrogen-bond donors (Lipinski definition) is 0. The maximum atomic E-state index is 13.0. The van der Waals surface area contributed by atoms with Crippen LogP contribution in [0.4, 0.5) is 8.78 Å². The van der Waals surface area contributed by atoms with Crippen molar-refractivity contribution in [1.29, 1.82) is 5.26 Å². The summed E-state index contributed by atoms with van der Waals surface area (Å²) in [6.45, 7) is 0. The summed E-state index contributed by atoms with van der Waals surface area (Å²) in [6, 6.07) is 2.95. The molecule has 0 heterocycles. The highest BCUT2D eigenvalue weighted by Crippen LogP contribution is 2.15. The molecule has 1 aromatic rings. The number of nitriles is 1. The van der Waals surface area contributed by atoms with Crippen LogP contribution in [0.3, 0.4) is 0 Å². The molecule has 0 unspecified atom stereocenters. The molecule has 1 aromatic carbocycles. The molecule has 2 nitrogen and oxygen atoms in total. The summed E-state index contributed by atoms with van der Waals surface area (Å²) in [7, 11) is 0. The Kier molecular flexibility index (Phi) is 3.15. The van der Waals surface area contributed by atoms with E-state index in [1.54, 1.807) is 0 Å². The van der Waals surface area contributed by atoms with Crippen molar-refractivity contribution >= 4 is 17.4 Å². The Hall–Kier alpha value is -1.47. The quantitative estimate of drug-likeness (QED) is 0.561. The second-order valence-corrected chi connectivity index (χ2v) is 2.75. The summed E-state index contributed by atoms with van der Waals surface area (Å²) in [5, 5.41) is 8.34. The predicted octanol–water partition coefficient (Wildman–Crippen LogP) is 2.26. The van der Waals surface area contributed by atoms with Crippen LogP contribution in [0.1, 0.15) is 15.9 Å². The third-order valence-electron chi connectivity index (χ3n) is 1.60. The fourth-order valence-electron chi connectivity index (χ4n) is 0.918. The molecular formula is C9H4ClF2NO. The molecule has 0 N–H and O–H groups in total. The molecular weight excluding hydrogens is 212 g/mol. The minimum atomic E-state index is -1.05. The summed E-state index contributed by atoms with van der Waals surface area (Å²) >= 11 is 5.21. The van der Waals surface area contributed by atoms with Gasteiger partial charge in [0, 0.05) is 5.56 Å². The first kappa shape index (κ1) is 10.6. The van der Waals surface area contributed by atoms with Crippen molar-refractivity contribution < 1.29 is 13.6 Å². The van der Waals surface area contributed by atoms with Gasteiger partial charge < -0.3 is 0 Å². The Morgan fingerprint density at radius 1 is 1.43 bits per heavy atom. The zero-order valence-electron chi connectivity index (χ0n) is 6.85.